The predicted molar refractivity (Wildman–Crippen MR) is 78.2 cm³/mol. The van der Waals surface area contributed by atoms with Crippen LogP contribution in [0.15, 0.2) is 49.1 Å². The third-order valence-electron chi connectivity index (χ3n) is 2.60. The van der Waals surface area contributed by atoms with Crippen molar-refractivity contribution in [1.29, 1.82) is 0 Å². The molecule has 1 atom stereocenters. The van der Waals surface area contributed by atoms with E-state index < -0.39 is 6.10 Å². The van der Waals surface area contributed by atoms with Gasteiger partial charge in [-0.25, -0.2) is 0 Å². The Bertz CT molecular complexity index is 645. The maximum Gasteiger partial charge on any atom is 0.120 e. The topological polar surface area (TPSA) is 29.5 Å². The zero-order valence-electron chi connectivity index (χ0n) is 10.9. The molecule has 1 N–H and O–H groups in total. The van der Waals surface area contributed by atoms with Crippen molar-refractivity contribution < 1.29 is 9.84 Å². The van der Waals surface area contributed by atoms with E-state index in [2.05, 4.69) is 18.4 Å². The van der Waals surface area contributed by atoms with Crippen LogP contribution < -0.4 is 4.74 Å². The molecule has 0 heterocycles. The molecule has 2 nitrogen and oxygen atoms in total. The number of fused-ring (bicyclic) bond motifs is 1. The van der Waals surface area contributed by atoms with Gasteiger partial charge in [0.2, 0.25) is 0 Å². The fourth-order valence-corrected chi connectivity index (χ4v) is 1.73. The number of hydrogen-bond donors (Lipinski definition) is 1. The largest absolute Gasteiger partial charge is 0.490 e. The first kappa shape index (κ1) is 13.2. The Morgan fingerprint density at radius 3 is 2.74 bits per heavy atom. The van der Waals surface area contributed by atoms with Gasteiger partial charge in [-0.15, -0.1) is 0 Å². The smallest absolute Gasteiger partial charge is 0.120 e. The first-order chi connectivity index (χ1) is 9.19. The molecule has 2 aromatic carbocycles. The van der Waals surface area contributed by atoms with Gasteiger partial charge in [-0.2, -0.15) is 0 Å². The normalized spacial score (nSPS) is 11.5. The average molecular weight is 252 g/mol. The highest BCUT2D eigenvalue weighted by molar-refractivity contribution is 5.85. The van der Waals surface area contributed by atoms with Gasteiger partial charge in [-0.05, 0) is 42.0 Å². The van der Waals surface area contributed by atoms with Crippen molar-refractivity contribution in [3.05, 3.63) is 54.6 Å². The molecule has 0 spiro atoms. The van der Waals surface area contributed by atoms with E-state index in [1.54, 1.807) is 13.0 Å². The summed E-state index contributed by atoms with van der Waals surface area (Å²) in [7, 11) is 0. The maximum atomic E-state index is 9.15. The molecule has 0 radical (unpaired) electrons. The second-order valence-electron chi connectivity index (χ2n) is 4.27. The molecule has 0 aromatic heterocycles. The van der Waals surface area contributed by atoms with Gasteiger partial charge in [-0.3, -0.25) is 0 Å². The molecule has 0 aliphatic carbocycles. The van der Waals surface area contributed by atoms with Crippen LogP contribution in [0.3, 0.4) is 0 Å². The lowest BCUT2D eigenvalue weighted by Crippen LogP contribution is -1.93. The van der Waals surface area contributed by atoms with Gasteiger partial charge in [0.1, 0.15) is 18.5 Å². The monoisotopic (exact) mass is 252 g/mol. The first-order valence-electron chi connectivity index (χ1n) is 6.16. The summed E-state index contributed by atoms with van der Waals surface area (Å²) in [5, 5.41) is 11.3. The van der Waals surface area contributed by atoms with Gasteiger partial charge < -0.3 is 9.84 Å². The summed E-state index contributed by atoms with van der Waals surface area (Å²) in [5.74, 6) is 6.51. The molecule has 0 amide bonds. The summed E-state index contributed by atoms with van der Waals surface area (Å²) < 4.78 is 5.49. The molecule has 0 saturated carbocycles. The van der Waals surface area contributed by atoms with Crippen molar-refractivity contribution in [2.75, 3.05) is 6.61 Å². The highest BCUT2D eigenvalue weighted by atomic mass is 16.5. The third-order valence-corrected chi connectivity index (χ3v) is 2.60. The summed E-state index contributed by atoms with van der Waals surface area (Å²) in [6, 6.07) is 11.9. The van der Waals surface area contributed by atoms with Gasteiger partial charge in [0.15, 0.2) is 0 Å². The second kappa shape index (κ2) is 6.08. The van der Waals surface area contributed by atoms with Gasteiger partial charge in [-0.1, -0.05) is 36.6 Å². The van der Waals surface area contributed by atoms with Gasteiger partial charge in [0, 0.05) is 5.56 Å². The molecular weight excluding hydrogens is 236 g/mol. The van der Waals surface area contributed by atoms with Crippen molar-refractivity contribution in [2.45, 2.75) is 13.0 Å². The molecule has 96 valence electrons. The quantitative estimate of drug-likeness (QED) is 0.671. The Labute approximate surface area is 113 Å². The molecule has 0 saturated heterocycles. The standard InChI is InChI=1S/C17H16O2/c1-3-10-19-17-9-8-15-11-14(5-4-13(2)18)6-7-16(15)12-17/h3,6-9,11-13,18H,1,10H2,2H3. The Morgan fingerprint density at radius 1 is 1.26 bits per heavy atom. The maximum absolute atomic E-state index is 9.15. The fourth-order valence-electron chi connectivity index (χ4n) is 1.73. The lowest BCUT2D eigenvalue weighted by atomic mass is 10.1. The number of rotatable bonds is 3. The first-order valence-corrected chi connectivity index (χ1v) is 6.16. The van der Waals surface area contributed by atoms with E-state index in [-0.39, 0.29) is 0 Å². The highest BCUT2D eigenvalue weighted by Gasteiger charge is 1.98. The Morgan fingerprint density at radius 2 is 2.00 bits per heavy atom. The Hall–Kier alpha value is -2.24. The predicted octanol–water partition coefficient (Wildman–Crippen LogP) is 3.14. The van der Waals surface area contributed by atoms with Crippen LogP contribution in [-0.2, 0) is 0 Å². The molecule has 19 heavy (non-hydrogen) atoms. The van der Waals surface area contributed by atoms with Crippen LogP contribution in [-0.4, -0.2) is 17.8 Å². The third kappa shape index (κ3) is 3.61. The van der Waals surface area contributed by atoms with E-state index in [0.717, 1.165) is 22.1 Å². The molecule has 0 aliphatic rings. The summed E-state index contributed by atoms with van der Waals surface area (Å²) in [6.45, 7) is 5.78. The average Bonchev–Trinajstić information content (AvgIpc) is 2.42. The number of ether oxygens (including phenoxy) is 1. The summed E-state index contributed by atoms with van der Waals surface area (Å²) in [6.07, 6.45) is 1.12. The summed E-state index contributed by atoms with van der Waals surface area (Å²) in [4.78, 5) is 0. The zero-order chi connectivity index (χ0) is 13.7. The Balaban J connectivity index is 2.30. The lowest BCUT2D eigenvalue weighted by molar-refractivity contribution is 0.253. The Kier molecular flexibility index (Phi) is 4.22. The summed E-state index contributed by atoms with van der Waals surface area (Å²) >= 11 is 0. The van der Waals surface area contributed by atoms with Gasteiger partial charge in [0.05, 0.1) is 0 Å². The van der Waals surface area contributed by atoms with Crippen LogP contribution in [0.25, 0.3) is 10.8 Å². The number of aliphatic hydroxyl groups excluding tert-OH is 1. The number of aliphatic hydroxyl groups is 1. The van der Waals surface area contributed by atoms with E-state index in [4.69, 9.17) is 9.84 Å². The molecule has 1 unspecified atom stereocenters. The van der Waals surface area contributed by atoms with Crippen LogP contribution in [0.2, 0.25) is 0 Å². The van der Waals surface area contributed by atoms with E-state index in [1.165, 1.54) is 0 Å². The molecule has 0 bridgehead atoms. The zero-order valence-corrected chi connectivity index (χ0v) is 10.9. The molecule has 0 aliphatic heterocycles. The van der Waals surface area contributed by atoms with E-state index in [9.17, 15) is 0 Å². The molecular formula is C17H16O2. The SMILES string of the molecule is C=CCOc1ccc2cc(C#CC(C)O)ccc2c1. The fraction of sp³-hybridized carbons (Fsp3) is 0.176. The minimum atomic E-state index is -0.606. The minimum Gasteiger partial charge on any atom is -0.490 e. The van der Waals surface area contributed by atoms with Crippen molar-refractivity contribution in [3.63, 3.8) is 0 Å². The minimum absolute atomic E-state index is 0.503. The molecule has 2 rings (SSSR count). The van der Waals surface area contributed by atoms with Crippen LogP contribution in [0, 0.1) is 11.8 Å². The number of hydrogen-bond acceptors (Lipinski definition) is 2. The van der Waals surface area contributed by atoms with Crippen molar-refractivity contribution in [1.82, 2.24) is 0 Å². The van der Waals surface area contributed by atoms with Crippen LogP contribution in [0.5, 0.6) is 5.75 Å². The lowest BCUT2D eigenvalue weighted by Gasteiger charge is -2.05. The summed E-state index contributed by atoms with van der Waals surface area (Å²) in [5.41, 5.74) is 0.896. The van der Waals surface area contributed by atoms with Crippen molar-refractivity contribution in [3.8, 4) is 17.6 Å². The van der Waals surface area contributed by atoms with Crippen LogP contribution in [0.4, 0.5) is 0 Å². The van der Waals surface area contributed by atoms with Gasteiger partial charge >= 0.3 is 0 Å². The van der Waals surface area contributed by atoms with Crippen LogP contribution in [0.1, 0.15) is 12.5 Å². The molecule has 2 heteroatoms. The molecule has 0 fully saturated rings. The molecule has 2 aromatic rings. The van der Waals surface area contributed by atoms with Crippen molar-refractivity contribution >= 4 is 10.8 Å². The van der Waals surface area contributed by atoms with Crippen molar-refractivity contribution in [2.24, 2.45) is 0 Å². The van der Waals surface area contributed by atoms with E-state index >= 15 is 0 Å². The van der Waals surface area contributed by atoms with Crippen LogP contribution >= 0.6 is 0 Å². The van der Waals surface area contributed by atoms with Gasteiger partial charge in [0.25, 0.3) is 0 Å². The second-order valence-corrected chi connectivity index (χ2v) is 4.27. The van der Waals surface area contributed by atoms with E-state index in [1.807, 2.05) is 36.4 Å². The van der Waals surface area contributed by atoms with E-state index in [0.29, 0.717) is 6.61 Å². The number of benzene rings is 2. The highest BCUT2D eigenvalue weighted by Crippen LogP contribution is 2.21.